The number of likely N-dealkylation sites (tertiary alicyclic amines) is 1. The van der Waals surface area contributed by atoms with E-state index >= 15 is 4.39 Å². The first-order valence-corrected chi connectivity index (χ1v) is 13.7. The topological polar surface area (TPSA) is 42.4 Å². The van der Waals surface area contributed by atoms with E-state index in [1.54, 1.807) is 24.4 Å². The molecule has 0 saturated carbocycles. The van der Waals surface area contributed by atoms with Crippen LogP contribution in [0.3, 0.4) is 0 Å². The second kappa shape index (κ2) is 12.0. The molecule has 1 aliphatic carbocycles. The summed E-state index contributed by atoms with van der Waals surface area (Å²) in [6, 6.07) is 12.2. The number of halogens is 4. The average molecular weight is 569 g/mol. The van der Waals surface area contributed by atoms with Gasteiger partial charge in [-0.25, -0.2) is 9.18 Å². The highest BCUT2D eigenvalue weighted by Crippen LogP contribution is 2.42. The zero-order valence-corrected chi connectivity index (χ0v) is 23.1. The van der Waals surface area contributed by atoms with E-state index in [1.807, 2.05) is 24.3 Å². The average Bonchev–Trinajstić information content (AvgIpc) is 3.08. The molecular weight excluding hydrogens is 541 g/mol. The van der Waals surface area contributed by atoms with Gasteiger partial charge in [0.2, 0.25) is 0 Å². The summed E-state index contributed by atoms with van der Waals surface area (Å²) in [6.07, 6.45) is 6.26. The van der Waals surface area contributed by atoms with E-state index in [-0.39, 0.29) is 12.4 Å². The summed E-state index contributed by atoms with van der Waals surface area (Å²) in [4.78, 5) is 19.0. The van der Waals surface area contributed by atoms with E-state index in [9.17, 15) is 9.18 Å². The lowest BCUT2D eigenvalue weighted by atomic mass is 9.89. The minimum Gasteiger partial charge on any atom is -0.465 e. The molecule has 0 bridgehead atoms. The van der Waals surface area contributed by atoms with E-state index in [2.05, 4.69) is 9.88 Å². The number of methoxy groups -OCH3 is 1. The number of rotatable bonds is 7. The van der Waals surface area contributed by atoms with Crippen LogP contribution in [0.2, 0.25) is 10.0 Å². The molecule has 1 fully saturated rings. The number of carbonyl (C=O) groups excluding carboxylic acids is 1. The van der Waals surface area contributed by atoms with Crippen LogP contribution in [0.5, 0.6) is 0 Å². The van der Waals surface area contributed by atoms with Crippen LogP contribution in [0.4, 0.5) is 8.78 Å². The minimum absolute atomic E-state index is 0.227. The van der Waals surface area contributed by atoms with Crippen LogP contribution in [0.1, 0.15) is 57.6 Å². The number of ether oxygens (including phenoxy) is 1. The van der Waals surface area contributed by atoms with Gasteiger partial charge in [-0.15, -0.1) is 0 Å². The Labute approximate surface area is 236 Å². The molecule has 5 rings (SSSR count). The number of alkyl halides is 1. The number of hydrogen-bond acceptors (Lipinski definition) is 4. The number of benzene rings is 2. The Morgan fingerprint density at radius 3 is 2.62 bits per heavy atom. The number of esters is 1. The van der Waals surface area contributed by atoms with E-state index in [4.69, 9.17) is 27.9 Å². The molecular formula is C31H28Cl2F2N2O2. The second-order valence-electron chi connectivity index (χ2n) is 9.85. The van der Waals surface area contributed by atoms with Gasteiger partial charge >= 0.3 is 5.97 Å². The highest BCUT2D eigenvalue weighted by molar-refractivity contribution is 6.36. The normalized spacial score (nSPS) is 15.5. The summed E-state index contributed by atoms with van der Waals surface area (Å²) in [5.41, 5.74) is 6.54. The number of allylic oxidation sites excluding steroid dienone is 1. The van der Waals surface area contributed by atoms with Crippen molar-refractivity contribution in [2.45, 2.75) is 25.7 Å². The first-order chi connectivity index (χ1) is 18.9. The molecule has 202 valence electrons. The van der Waals surface area contributed by atoms with E-state index in [1.165, 1.54) is 13.2 Å². The van der Waals surface area contributed by atoms with Gasteiger partial charge < -0.3 is 4.74 Å². The first kappa shape index (κ1) is 27.5. The lowest BCUT2D eigenvalue weighted by Crippen LogP contribution is -2.40. The van der Waals surface area contributed by atoms with Crippen molar-refractivity contribution in [3.63, 3.8) is 0 Å². The van der Waals surface area contributed by atoms with Crippen molar-refractivity contribution in [1.82, 2.24) is 9.88 Å². The van der Waals surface area contributed by atoms with Crippen molar-refractivity contribution in [3.05, 3.63) is 104 Å². The van der Waals surface area contributed by atoms with Gasteiger partial charge in [0.1, 0.15) is 11.5 Å². The monoisotopic (exact) mass is 568 g/mol. The molecule has 1 aromatic heterocycles. The van der Waals surface area contributed by atoms with Gasteiger partial charge in [0, 0.05) is 41.4 Å². The maximum absolute atomic E-state index is 15.9. The van der Waals surface area contributed by atoms with Crippen LogP contribution in [0.25, 0.3) is 17.2 Å². The van der Waals surface area contributed by atoms with Gasteiger partial charge in [-0.2, -0.15) is 0 Å². The predicted molar refractivity (Wildman–Crippen MR) is 152 cm³/mol. The SMILES string of the molecule is COC(=O)c1ccc2c(c1)CCCC(c1ccc(Cl)cc1Cl)=C2c1ncc(C=C2CN(CCCF)C2)cc1F. The van der Waals surface area contributed by atoms with E-state index < -0.39 is 11.8 Å². The lowest BCUT2D eigenvalue weighted by Gasteiger charge is -2.33. The zero-order valence-electron chi connectivity index (χ0n) is 21.6. The van der Waals surface area contributed by atoms with Gasteiger partial charge in [0.05, 0.1) is 19.3 Å². The van der Waals surface area contributed by atoms with Crippen LogP contribution < -0.4 is 0 Å². The molecule has 0 N–H and O–H groups in total. The number of fused-ring (bicyclic) bond motifs is 1. The molecule has 4 nitrogen and oxygen atoms in total. The summed E-state index contributed by atoms with van der Waals surface area (Å²) >= 11 is 12.8. The third-order valence-electron chi connectivity index (χ3n) is 7.16. The van der Waals surface area contributed by atoms with Crippen molar-refractivity contribution in [3.8, 4) is 0 Å². The van der Waals surface area contributed by atoms with Gasteiger partial charge in [-0.3, -0.25) is 14.3 Å². The van der Waals surface area contributed by atoms with Crippen LogP contribution in [0, 0.1) is 5.82 Å². The third-order valence-corrected chi connectivity index (χ3v) is 7.71. The molecule has 39 heavy (non-hydrogen) atoms. The highest BCUT2D eigenvalue weighted by Gasteiger charge is 2.26. The molecule has 0 atom stereocenters. The fourth-order valence-corrected chi connectivity index (χ4v) is 5.84. The van der Waals surface area contributed by atoms with Crippen LogP contribution in [-0.4, -0.2) is 49.3 Å². The zero-order chi connectivity index (χ0) is 27.5. The Morgan fingerprint density at radius 2 is 1.90 bits per heavy atom. The molecule has 0 radical (unpaired) electrons. The molecule has 2 aliphatic rings. The number of aryl methyl sites for hydroxylation is 1. The van der Waals surface area contributed by atoms with Gasteiger partial charge in [0.25, 0.3) is 0 Å². The Bertz CT molecular complexity index is 1480. The molecule has 8 heteroatoms. The fraction of sp³-hybridized carbons (Fsp3) is 0.290. The summed E-state index contributed by atoms with van der Waals surface area (Å²) < 4.78 is 33.2. The predicted octanol–water partition coefficient (Wildman–Crippen LogP) is 7.67. The Morgan fingerprint density at radius 1 is 1.10 bits per heavy atom. The van der Waals surface area contributed by atoms with Gasteiger partial charge in [0.15, 0.2) is 0 Å². The van der Waals surface area contributed by atoms with Gasteiger partial charge in [-0.05, 0) is 89.4 Å². The summed E-state index contributed by atoms with van der Waals surface area (Å²) in [6.45, 7) is 1.91. The number of hydrogen-bond donors (Lipinski definition) is 0. The van der Waals surface area contributed by atoms with Crippen LogP contribution in [0.15, 0.2) is 54.2 Å². The standard InChI is InChI=1S/C31H28Cl2F2N2O2/c1-39-31(38)22-6-8-24-21(14-22)4-2-5-26(25-9-7-23(32)15-27(25)33)29(24)30-28(35)13-19(16-36-30)12-20-17-37(18-20)11-3-10-34/h6-9,12-16H,2-5,10-11,17-18H2,1H3. The van der Waals surface area contributed by atoms with Crippen molar-refractivity contribution in [2.24, 2.45) is 0 Å². The lowest BCUT2D eigenvalue weighted by molar-refractivity contribution is 0.0600. The minimum atomic E-state index is -0.444. The summed E-state index contributed by atoms with van der Waals surface area (Å²) in [7, 11) is 1.35. The molecule has 0 spiro atoms. The summed E-state index contributed by atoms with van der Waals surface area (Å²) in [5.74, 6) is -0.866. The van der Waals surface area contributed by atoms with Crippen LogP contribution >= 0.6 is 23.2 Å². The Hall–Kier alpha value is -3.06. The van der Waals surface area contributed by atoms with Crippen molar-refractivity contribution in [2.75, 3.05) is 33.4 Å². The second-order valence-corrected chi connectivity index (χ2v) is 10.7. The van der Waals surface area contributed by atoms with Crippen molar-refractivity contribution < 1.29 is 18.3 Å². The van der Waals surface area contributed by atoms with Gasteiger partial charge in [-0.1, -0.05) is 41.4 Å². The molecule has 1 saturated heterocycles. The first-order valence-electron chi connectivity index (χ1n) is 12.9. The van der Waals surface area contributed by atoms with Crippen molar-refractivity contribution in [1.29, 1.82) is 0 Å². The highest BCUT2D eigenvalue weighted by atomic mass is 35.5. The van der Waals surface area contributed by atoms with E-state index in [0.29, 0.717) is 46.0 Å². The maximum atomic E-state index is 15.9. The van der Waals surface area contributed by atoms with Crippen LogP contribution in [-0.2, 0) is 11.2 Å². The smallest absolute Gasteiger partial charge is 0.337 e. The largest absolute Gasteiger partial charge is 0.465 e. The quantitative estimate of drug-likeness (QED) is 0.274. The van der Waals surface area contributed by atoms with Crippen molar-refractivity contribution >= 4 is 46.4 Å². The fourth-order valence-electron chi connectivity index (χ4n) is 5.32. The molecule has 2 heterocycles. The number of pyridine rings is 1. The van der Waals surface area contributed by atoms with E-state index in [0.717, 1.165) is 53.9 Å². The molecule has 2 aromatic carbocycles. The molecule has 0 amide bonds. The number of aromatic nitrogens is 1. The molecule has 3 aromatic rings. The number of nitrogens with zero attached hydrogens (tertiary/aromatic N) is 2. The third kappa shape index (κ3) is 5.93. The Balaban J connectivity index is 1.59. The maximum Gasteiger partial charge on any atom is 0.337 e. The summed E-state index contributed by atoms with van der Waals surface area (Å²) in [5, 5.41) is 0.997. The number of carbonyl (C=O) groups is 1. The Kier molecular flexibility index (Phi) is 8.46. The molecule has 0 unspecified atom stereocenters. The molecule has 1 aliphatic heterocycles.